The lowest BCUT2D eigenvalue weighted by Gasteiger charge is -2.44. The number of nitrogens with one attached hydrogen (secondary N) is 1. The van der Waals surface area contributed by atoms with E-state index >= 15 is 0 Å². The highest BCUT2D eigenvalue weighted by atomic mass is 19.4. The number of benzene rings is 2. The van der Waals surface area contributed by atoms with Crippen LogP contribution in [0.4, 0.5) is 18.9 Å². The molecule has 1 aliphatic heterocycles. The van der Waals surface area contributed by atoms with Crippen molar-refractivity contribution in [3.63, 3.8) is 0 Å². The van der Waals surface area contributed by atoms with Gasteiger partial charge < -0.3 is 10.4 Å². The lowest BCUT2D eigenvalue weighted by atomic mass is 9.67. The van der Waals surface area contributed by atoms with Crippen LogP contribution in [0.25, 0.3) is 0 Å². The number of hydrogen-bond acceptors (Lipinski definition) is 2. The third-order valence-corrected chi connectivity index (χ3v) is 6.92. The van der Waals surface area contributed by atoms with Gasteiger partial charge >= 0.3 is 12.1 Å². The Morgan fingerprint density at radius 2 is 1.82 bits per heavy atom. The monoisotopic (exact) mass is 387 g/mol. The van der Waals surface area contributed by atoms with E-state index in [2.05, 4.69) is 5.32 Å². The van der Waals surface area contributed by atoms with Crippen molar-refractivity contribution in [2.45, 2.75) is 37.4 Å². The van der Waals surface area contributed by atoms with E-state index < -0.39 is 17.7 Å². The molecule has 0 spiro atoms. The van der Waals surface area contributed by atoms with Crippen LogP contribution in [0.1, 0.15) is 58.3 Å². The van der Waals surface area contributed by atoms with Gasteiger partial charge in [0.25, 0.3) is 0 Å². The predicted octanol–water partition coefficient (Wildman–Crippen LogP) is 5.70. The van der Waals surface area contributed by atoms with Crippen molar-refractivity contribution in [1.29, 1.82) is 0 Å². The molecule has 2 N–H and O–H groups in total. The second-order valence-corrected chi connectivity index (χ2v) is 8.26. The molecule has 2 aliphatic carbocycles. The summed E-state index contributed by atoms with van der Waals surface area (Å²) in [5, 5.41) is 13.0. The lowest BCUT2D eigenvalue weighted by Crippen LogP contribution is -2.36. The number of aromatic carboxylic acids is 1. The molecule has 2 aromatic rings. The van der Waals surface area contributed by atoms with Gasteiger partial charge in [-0.3, -0.25) is 0 Å². The summed E-state index contributed by atoms with van der Waals surface area (Å²) in [5.41, 5.74) is 1.70. The Labute approximate surface area is 160 Å². The van der Waals surface area contributed by atoms with E-state index in [9.17, 15) is 23.1 Å². The van der Waals surface area contributed by atoms with Crippen LogP contribution in [-0.4, -0.2) is 11.1 Å². The second-order valence-electron chi connectivity index (χ2n) is 8.26. The van der Waals surface area contributed by atoms with E-state index in [1.54, 1.807) is 18.2 Å². The van der Waals surface area contributed by atoms with Crippen LogP contribution in [0, 0.1) is 17.8 Å². The molecular formula is C22H20F3NO2. The van der Waals surface area contributed by atoms with Gasteiger partial charge in [0.1, 0.15) is 0 Å². The minimum absolute atomic E-state index is 0.190. The normalized spacial score (nSPS) is 30.5. The number of alkyl halides is 3. The Balaban J connectivity index is 1.65. The quantitative estimate of drug-likeness (QED) is 0.695. The Bertz CT molecular complexity index is 955. The molecule has 1 heterocycles. The number of rotatable bonds is 2. The number of carbonyl (C=O) groups is 1. The molecule has 146 valence electrons. The average Bonchev–Trinajstić information content (AvgIpc) is 3.28. The molecule has 5 rings (SSSR count). The highest BCUT2D eigenvalue weighted by Crippen LogP contribution is 2.64. The standard InChI is InChI=1S/C22H20F3NO2/c23-22(24,25)14-4-1-3-13(10-14)19-18-12-8-7-11(9-12)17(18)15-5-2-6-16(21(27)28)20(15)26-19/h1-6,10-12,17-19,26H,7-9H2,(H,27,28)/t11-,12-,17-,18+,19+/m0/s1. The fraction of sp³-hybridized carbons (Fsp3) is 0.409. The van der Waals surface area contributed by atoms with Crippen LogP contribution < -0.4 is 5.32 Å². The molecule has 6 heteroatoms. The van der Waals surface area contributed by atoms with Crippen molar-refractivity contribution in [2.75, 3.05) is 5.32 Å². The molecule has 3 aliphatic rings. The van der Waals surface area contributed by atoms with Gasteiger partial charge in [0.2, 0.25) is 0 Å². The van der Waals surface area contributed by atoms with Gasteiger partial charge in [-0.1, -0.05) is 24.3 Å². The number of fused-ring (bicyclic) bond motifs is 7. The summed E-state index contributed by atoms with van der Waals surface area (Å²) in [6, 6.07) is 10.5. The third-order valence-electron chi connectivity index (χ3n) is 6.92. The number of anilines is 1. The molecule has 2 fully saturated rings. The first-order chi connectivity index (χ1) is 13.3. The molecule has 28 heavy (non-hydrogen) atoms. The van der Waals surface area contributed by atoms with Gasteiger partial charge in [-0.05, 0) is 72.3 Å². The first-order valence-electron chi connectivity index (χ1n) is 9.64. The fourth-order valence-corrected chi connectivity index (χ4v) is 5.93. The molecule has 2 saturated carbocycles. The molecule has 0 saturated heterocycles. The maximum atomic E-state index is 13.3. The molecule has 3 nitrogen and oxygen atoms in total. The van der Waals surface area contributed by atoms with Crippen LogP contribution in [0.2, 0.25) is 0 Å². The lowest BCUT2D eigenvalue weighted by molar-refractivity contribution is -0.137. The summed E-state index contributed by atoms with van der Waals surface area (Å²) in [4.78, 5) is 11.8. The molecule has 0 radical (unpaired) electrons. The fourth-order valence-electron chi connectivity index (χ4n) is 5.93. The van der Waals surface area contributed by atoms with Crippen LogP contribution in [0.15, 0.2) is 42.5 Å². The topological polar surface area (TPSA) is 49.3 Å². The Morgan fingerprint density at radius 3 is 2.57 bits per heavy atom. The van der Waals surface area contributed by atoms with E-state index in [0.717, 1.165) is 30.9 Å². The van der Waals surface area contributed by atoms with E-state index in [1.807, 2.05) is 6.07 Å². The summed E-state index contributed by atoms with van der Waals surface area (Å²) in [6.45, 7) is 0. The molecule has 0 amide bonds. The van der Waals surface area contributed by atoms with Gasteiger partial charge in [-0.15, -0.1) is 0 Å². The highest BCUT2D eigenvalue weighted by molar-refractivity contribution is 5.95. The summed E-state index contributed by atoms with van der Waals surface area (Å²) in [6.07, 6.45) is -1.12. The van der Waals surface area contributed by atoms with Crippen molar-refractivity contribution >= 4 is 11.7 Å². The minimum Gasteiger partial charge on any atom is -0.478 e. The summed E-state index contributed by atoms with van der Waals surface area (Å²) < 4.78 is 39.8. The first kappa shape index (κ1) is 17.6. The maximum absolute atomic E-state index is 13.3. The largest absolute Gasteiger partial charge is 0.478 e. The van der Waals surface area contributed by atoms with Crippen molar-refractivity contribution in [3.05, 3.63) is 64.7 Å². The average molecular weight is 387 g/mol. The molecule has 2 bridgehead atoms. The highest BCUT2D eigenvalue weighted by Gasteiger charge is 2.54. The Morgan fingerprint density at radius 1 is 1.07 bits per heavy atom. The zero-order chi connectivity index (χ0) is 19.6. The summed E-state index contributed by atoms with van der Waals surface area (Å²) in [5.74, 6) is 0.318. The molecule has 5 atom stereocenters. The van der Waals surface area contributed by atoms with E-state index in [4.69, 9.17) is 0 Å². The molecule has 0 aromatic heterocycles. The van der Waals surface area contributed by atoms with Gasteiger partial charge in [0.05, 0.1) is 22.9 Å². The molecule has 2 aromatic carbocycles. The summed E-state index contributed by atoms with van der Waals surface area (Å²) >= 11 is 0. The number of hydrogen-bond donors (Lipinski definition) is 2. The summed E-state index contributed by atoms with van der Waals surface area (Å²) in [7, 11) is 0. The van der Waals surface area contributed by atoms with Crippen LogP contribution in [0.5, 0.6) is 0 Å². The number of carboxylic acids is 1. The van der Waals surface area contributed by atoms with Crippen LogP contribution in [-0.2, 0) is 6.18 Å². The minimum atomic E-state index is -4.40. The van der Waals surface area contributed by atoms with Crippen molar-refractivity contribution < 1.29 is 23.1 Å². The van der Waals surface area contributed by atoms with Crippen LogP contribution >= 0.6 is 0 Å². The second kappa shape index (κ2) is 6.00. The first-order valence-corrected chi connectivity index (χ1v) is 9.64. The Hall–Kier alpha value is -2.50. The van der Waals surface area contributed by atoms with E-state index in [1.165, 1.54) is 12.1 Å². The smallest absolute Gasteiger partial charge is 0.416 e. The van der Waals surface area contributed by atoms with Crippen molar-refractivity contribution in [2.24, 2.45) is 17.8 Å². The predicted molar refractivity (Wildman–Crippen MR) is 98.3 cm³/mol. The van der Waals surface area contributed by atoms with E-state index in [-0.39, 0.29) is 23.4 Å². The zero-order valence-electron chi connectivity index (χ0n) is 15.0. The van der Waals surface area contributed by atoms with Gasteiger partial charge in [-0.25, -0.2) is 4.79 Å². The van der Waals surface area contributed by atoms with Crippen molar-refractivity contribution in [1.82, 2.24) is 0 Å². The molecular weight excluding hydrogens is 367 g/mol. The van der Waals surface area contributed by atoms with Crippen LogP contribution in [0.3, 0.4) is 0 Å². The third kappa shape index (κ3) is 2.54. The zero-order valence-corrected chi connectivity index (χ0v) is 15.0. The number of para-hydroxylation sites is 1. The van der Waals surface area contributed by atoms with Crippen molar-refractivity contribution in [3.8, 4) is 0 Å². The number of carboxylic acid groups (broad SMARTS) is 1. The van der Waals surface area contributed by atoms with E-state index in [0.29, 0.717) is 23.1 Å². The van der Waals surface area contributed by atoms with Gasteiger partial charge in [0.15, 0.2) is 0 Å². The molecule has 0 unspecified atom stereocenters. The maximum Gasteiger partial charge on any atom is 0.416 e. The SMILES string of the molecule is O=C(O)c1cccc2c1N[C@H](c1cccc(C(F)(F)F)c1)[C@@H]1[C@H]3CC[C@@H](C3)[C@@H]21. The Kier molecular flexibility index (Phi) is 3.77. The number of halogens is 3. The van der Waals surface area contributed by atoms with Gasteiger partial charge in [0, 0.05) is 0 Å². The van der Waals surface area contributed by atoms with Gasteiger partial charge in [-0.2, -0.15) is 13.2 Å².